The van der Waals surface area contributed by atoms with E-state index in [2.05, 4.69) is 11.9 Å². The van der Waals surface area contributed by atoms with Crippen molar-refractivity contribution in [3.8, 4) is 5.75 Å². The second-order valence-corrected chi connectivity index (χ2v) is 3.44. The van der Waals surface area contributed by atoms with Gasteiger partial charge in [-0.25, -0.2) is 0 Å². The largest absolute Gasteiger partial charge is 0.497 e. The molecule has 0 heterocycles. The molecular formula is C12H17NO2. The number of methoxy groups -OCH3 is 1. The number of nitrogens with one attached hydrogen (secondary N) is 1. The maximum atomic E-state index is 9.11. The Balaban J connectivity index is 2.58. The van der Waals surface area contributed by atoms with Gasteiger partial charge in [0.2, 0.25) is 0 Å². The first-order chi connectivity index (χ1) is 7.13. The smallest absolute Gasteiger partial charge is 0.118 e. The molecule has 0 radical (unpaired) electrons. The molecule has 0 spiro atoms. The molecule has 1 aromatic carbocycles. The lowest BCUT2D eigenvalue weighted by Gasteiger charge is -2.11. The van der Waals surface area contributed by atoms with E-state index < -0.39 is 0 Å². The van der Waals surface area contributed by atoms with Crippen LogP contribution in [0.3, 0.4) is 0 Å². The van der Waals surface area contributed by atoms with Crippen LogP contribution in [0.15, 0.2) is 30.8 Å². The maximum absolute atomic E-state index is 9.11. The standard InChI is InChI=1S/C12H17NO2/c1-9(14)8-13-10(2)11-4-6-12(15-3)7-5-11/h4-7,9,13-14H,2,8H2,1,3H3. The van der Waals surface area contributed by atoms with Gasteiger partial charge in [0.25, 0.3) is 0 Å². The van der Waals surface area contributed by atoms with E-state index in [1.165, 1.54) is 0 Å². The first-order valence-electron chi connectivity index (χ1n) is 4.88. The van der Waals surface area contributed by atoms with E-state index in [1.807, 2.05) is 24.3 Å². The van der Waals surface area contributed by atoms with Crippen LogP contribution < -0.4 is 10.1 Å². The van der Waals surface area contributed by atoms with E-state index in [0.717, 1.165) is 17.0 Å². The Bertz CT molecular complexity index is 317. The molecular weight excluding hydrogens is 190 g/mol. The molecule has 0 saturated carbocycles. The summed E-state index contributed by atoms with van der Waals surface area (Å²) >= 11 is 0. The summed E-state index contributed by atoms with van der Waals surface area (Å²) in [6.45, 7) is 6.12. The van der Waals surface area contributed by atoms with Gasteiger partial charge < -0.3 is 15.2 Å². The van der Waals surface area contributed by atoms with Crippen LogP contribution in [0.1, 0.15) is 12.5 Å². The van der Waals surface area contributed by atoms with E-state index in [4.69, 9.17) is 9.84 Å². The average Bonchev–Trinajstić information content (AvgIpc) is 2.26. The number of ether oxygens (including phenoxy) is 1. The summed E-state index contributed by atoms with van der Waals surface area (Å²) in [6, 6.07) is 7.61. The first-order valence-corrected chi connectivity index (χ1v) is 4.88. The fourth-order valence-electron chi connectivity index (χ4n) is 1.17. The van der Waals surface area contributed by atoms with Crippen molar-refractivity contribution in [1.29, 1.82) is 0 Å². The highest BCUT2D eigenvalue weighted by atomic mass is 16.5. The second-order valence-electron chi connectivity index (χ2n) is 3.44. The van der Waals surface area contributed by atoms with Gasteiger partial charge in [0.15, 0.2) is 0 Å². The normalized spacial score (nSPS) is 11.9. The van der Waals surface area contributed by atoms with Crippen LogP contribution in [-0.2, 0) is 0 Å². The summed E-state index contributed by atoms with van der Waals surface area (Å²) in [5.74, 6) is 0.821. The predicted molar refractivity (Wildman–Crippen MR) is 61.7 cm³/mol. The number of benzene rings is 1. The first kappa shape index (κ1) is 11.6. The van der Waals surface area contributed by atoms with Crippen LogP contribution in [0.4, 0.5) is 0 Å². The summed E-state index contributed by atoms with van der Waals surface area (Å²) in [5.41, 5.74) is 1.80. The Labute approximate surface area is 90.4 Å². The van der Waals surface area contributed by atoms with Crippen molar-refractivity contribution in [2.24, 2.45) is 0 Å². The zero-order valence-electron chi connectivity index (χ0n) is 9.16. The molecule has 0 aromatic heterocycles. The molecule has 0 amide bonds. The van der Waals surface area contributed by atoms with Gasteiger partial charge in [-0.05, 0) is 36.8 Å². The molecule has 82 valence electrons. The third kappa shape index (κ3) is 3.64. The van der Waals surface area contributed by atoms with Crippen LogP contribution in [-0.4, -0.2) is 24.9 Å². The molecule has 3 nitrogen and oxygen atoms in total. The Kier molecular flexibility index (Phi) is 4.18. The van der Waals surface area contributed by atoms with Gasteiger partial charge in [-0.15, -0.1) is 0 Å². The Hall–Kier alpha value is -1.48. The summed E-state index contributed by atoms with van der Waals surface area (Å²) in [4.78, 5) is 0. The fraction of sp³-hybridized carbons (Fsp3) is 0.333. The number of hydrogen-bond donors (Lipinski definition) is 2. The van der Waals surface area contributed by atoms with Gasteiger partial charge >= 0.3 is 0 Å². The summed E-state index contributed by atoms with van der Waals surface area (Å²) in [6.07, 6.45) is -0.375. The van der Waals surface area contributed by atoms with Gasteiger partial charge in [0.1, 0.15) is 5.75 Å². The predicted octanol–water partition coefficient (Wildman–Crippen LogP) is 1.64. The van der Waals surface area contributed by atoms with Crippen LogP contribution in [0.25, 0.3) is 5.70 Å². The lowest BCUT2D eigenvalue weighted by molar-refractivity contribution is 0.197. The average molecular weight is 207 g/mol. The molecule has 0 fully saturated rings. The topological polar surface area (TPSA) is 41.5 Å². The minimum atomic E-state index is -0.375. The monoisotopic (exact) mass is 207 g/mol. The minimum Gasteiger partial charge on any atom is -0.497 e. The molecule has 2 N–H and O–H groups in total. The van der Waals surface area contributed by atoms with Crippen molar-refractivity contribution in [2.45, 2.75) is 13.0 Å². The Morgan fingerprint density at radius 1 is 1.47 bits per heavy atom. The second kappa shape index (κ2) is 5.41. The van der Waals surface area contributed by atoms with E-state index >= 15 is 0 Å². The van der Waals surface area contributed by atoms with Gasteiger partial charge in [0.05, 0.1) is 13.2 Å². The van der Waals surface area contributed by atoms with Crippen molar-refractivity contribution < 1.29 is 9.84 Å². The van der Waals surface area contributed by atoms with Crippen LogP contribution in [0, 0.1) is 0 Å². The van der Waals surface area contributed by atoms with Crippen LogP contribution in [0.2, 0.25) is 0 Å². The quantitative estimate of drug-likeness (QED) is 0.771. The highest BCUT2D eigenvalue weighted by Gasteiger charge is 2.00. The number of aliphatic hydroxyl groups excluding tert-OH is 1. The van der Waals surface area contributed by atoms with Crippen molar-refractivity contribution in [2.75, 3.05) is 13.7 Å². The third-order valence-corrected chi connectivity index (χ3v) is 2.05. The number of rotatable bonds is 5. The lowest BCUT2D eigenvalue weighted by Crippen LogP contribution is -2.22. The van der Waals surface area contributed by atoms with Crippen LogP contribution >= 0.6 is 0 Å². The molecule has 1 rings (SSSR count). The van der Waals surface area contributed by atoms with Gasteiger partial charge in [0, 0.05) is 12.2 Å². The molecule has 0 aliphatic rings. The molecule has 1 aromatic rings. The molecule has 0 saturated heterocycles. The molecule has 0 aliphatic carbocycles. The minimum absolute atomic E-state index is 0.375. The molecule has 0 aliphatic heterocycles. The van der Waals surface area contributed by atoms with Gasteiger partial charge in [-0.1, -0.05) is 6.58 Å². The van der Waals surface area contributed by atoms with Crippen molar-refractivity contribution in [1.82, 2.24) is 5.32 Å². The van der Waals surface area contributed by atoms with E-state index in [9.17, 15) is 0 Å². The zero-order chi connectivity index (χ0) is 11.3. The highest BCUT2D eigenvalue weighted by molar-refractivity contribution is 5.62. The molecule has 15 heavy (non-hydrogen) atoms. The van der Waals surface area contributed by atoms with Gasteiger partial charge in [-0.3, -0.25) is 0 Å². The van der Waals surface area contributed by atoms with Gasteiger partial charge in [-0.2, -0.15) is 0 Å². The van der Waals surface area contributed by atoms with E-state index in [0.29, 0.717) is 6.54 Å². The Morgan fingerprint density at radius 3 is 2.53 bits per heavy atom. The molecule has 1 unspecified atom stereocenters. The van der Waals surface area contributed by atoms with Crippen molar-refractivity contribution >= 4 is 5.70 Å². The molecule has 0 bridgehead atoms. The summed E-state index contributed by atoms with van der Waals surface area (Å²) in [5, 5.41) is 12.2. The fourth-order valence-corrected chi connectivity index (χ4v) is 1.17. The van der Waals surface area contributed by atoms with Crippen molar-refractivity contribution in [3.63, 3.8) is 0 Å². The maximum Gasteiger partial charge on any atom is 0.118 e. The van der Waals surface area contributed by atoms with E-state index in [-0.39, 0.29) is 6.10 Å². The summed E-state index contributed by atoms with van der Waals surface area (Å²) in [7, 11) is 1.63. The SMILES string of the molecule is C=C(NCC(C)O)c1ccc(OC)cc1. The number of aliphatic hydroxyl groups is 1. The van der Waals surface area contributed by atoms with Crippen LogP contribution in [0.5, 0.6) is 5.75 Å². The third-order valence-electron chi connectivity index (χ3n) is 2.05. The Morgan fingerprint density at radius 2 is 2.07 bits per heavy atom. The lowest BCUT2D eigenvalue weighted by atomic mass is 10.1. The van der Waals surface area contributed by atoms with Crippen molar-refractivity contribution in [3.05, 3.63) is 36.4 Å². The highest BCUT2D eigenvalue weighted by Crippen LogP contribution is 2.15. The zero-order valence-corrected chi connectivity index (χ0v) is 9.16. The number of hydrogen-bond acceptors (Lipinski definition) is 3. The summed E-state index contributed by atoms with van der Waals surface area (Å²) < 4.78 is 5.06. The van der Waals surface area contributed by atoms with E-state index in [1.54, 1.807) is 14.0 Å². The molecule has 1 atom stereocenters. The molecule has 3 heteroatoms.